The highest BCUT2D eigenvalue weighted by atomic mass is 16.5. The van der Waals surface area contributed by atoms with Crippen LogP contribution in [0.25, 0.3) is 0 Å². The number of aliphatic hydroxyl groups is 1. The van der Waals surface area contributed by atoms with Crippen molar-refractivity contribution in [2.75, 3.05) is 0 Å². The largest absolute Gasteiger partial charge is 0.489 e. The van der Waals surface area contributed by atoms with E-state index in [4.69, 9.17) is 9.47 Å². The number of aldehydes is 1. The second-order valence-electron chi connectivity index (χ2n) is 5.83. The third kappa shape index (κ3) is 4.49. The van der Waals surface area contributed by atoms with Crippen molar-refractivity contribution in [2.24, 2.45) is 0 Å². The van der Waals surface area contributed by atoms with Gasteiger partial charge in [0.05, 0.1) is 12.2 Å². The molecule has 0 bridgehead atoms. The summed E-state index contributed by atoms with van der Waals surface area (Å²) in [5.74, 6) is 0.908. The van der Waals surface area contributed by atoms with Crippen molar-refractivity contribution in [3.8, 4) is 11.5 Å². The predicted octanol–water partition coefficient (Wildman–Crippen LogP) is 4.15. The van der Waals surface area contributed by atoms with Crippen LogP contribution in [0.3, 0.4) is 0 Å². The van der Waals surface area contributed by atoms with Gasteiger partial charge in [0.25, 0.3) is 0 Å². The minimum atomic E-state index is -0.243. The van der Waals surface area contributed by atoms with Crippen LogP contribution in [0.5, 0.6) is 11.5 Å². The van der Waals surface area contributed by atoms with Crippen molar-refractivity contribution in [1.29, 1.82) is 0 Å². The van der Waals surface area contributed by atoms with Gasteiger partial charge in [-0.15, -0.1) is 0 Å². The molecule has 0 fully saturated rings. The Labute approximate surface area is 152 Å². The number of hydrogen-bond donors (Lipinski definition) is 1. The van der Waals surface area contributed by atoms with Crippen molar-refractivity contribution >= 4 is 6.29 Å². The van der Waals surface area contributed by atoms with Crippen molar-refractivity contribution in [1.82, 2.24) is 0 Å². The Morgan fingerprint density at radius 1 is 0.808 bits per heavy atom. The third-order valence-electron chi connectivity index (χ3n) is 3.94. The Morgan fingerprint density at radius 2 is 1.38 bits per heavy atom. The van der Waals surface area contributed by atoms with Gasteiger partial charge in [0, 0.05) is 5.56 Å². The quantitative estimate of drug-likeness (QED) is 0.621. The Balaban J connectivity index is 1.78. The first-order chi connectivity index (χ1) is 12.8. The SMILES string of the molecule is O=Cc1cc(OCc2ccccc2)cc(CO)c1OCc1ccccc1. The van der Waals surface area contributed by atoms with Gasteiger partial charge in [0.15, 0.2) is 6.29 Å². The summed E-state index contributed by atoms with van der Waals surface area (Å²) in [5, 5.41) is 9.69. The molecule has 3 rings (SSSR count). The van der Waals surface area contributed by atoms with Gasteiger partial charge in [-0.1, -0.05) is 60.7 Å². The Kier molecular flexibility index (Phi) is 6.01. The van der Waals surface area contributed by atoms with E-state index in [2.05, 4.69) is 0 Å². The van der Waals surface area contributed by atoms with E-state index >= 15 is 0 Å². The number of aliphatic hydroxyl groups excluding tert-OH is 1. The molecular weight excluding hydrogens is 328 g/mol. The van der Waals surface area contributed by atoms with Crippen molar-refractivity contribution in [3.05, 3.63) is 95.1 Å². The summed E-state index contributed by atoms with van der Waals surface area (Å²) in [7, 11) is 0. The van der Waals surface area contributed by atoms with E-state index < -0.39 is 0 Å². The van der Waals surface area contributed by atoms with E-state index in [1.807, 2.05) is 60.7 Å². The van der Waals surface area contributed by atoms with Crippen LogP contribution in [0.1, 0.15) is 27.0 Å². The van der Waals surface area contributed by atoms with Crippen molar-refractivity contribution in [2.45, 2.75) is 19.8 Å². The molecule has 26 heavy (non-hydrogen) atoms. The lowest BCUT2D eigenvalue weighted by molar-refractivity contribution is 0.111. The van der Waals surface area contributed by atoms with Crippen LogP contribution in [0.15, 0.2) is 72.8 Å². The number of rotatable bonds is 8. The number of carbonyl (C=O) groups is 1. The summed E-state index contributed by atoms with van der Waals surface area (Å²) < 4.78 is 11.6. The zero-order valence-electron chi connectivity index (χ0n) is 14.3. The lowest BCUT2D eigenvalue weighted by Gasteiger charge is -2.15. The van der Waals surface area contributed by atoms with Crippen LogP contribution in [0.2, 0.25) is 0 Å². The van der Waals surface area contributed by atoms with Gasteiger partial charge < -0.3 is 14.6 Å². The molecule has 0 aliphatic carbocycles. The van der Waals surface area contributed by atoms with Gasteiger partial charge in [-0.05, 0) is 23.3 Å². The van der Waals surface area contributed by atoms with Crippen LogP contribution in [-0.4, -0.2) is 11.4 Å². The lowest BCUT2D eigenvalue weighted by atomic mass is 10.1. The van der Waals surface area contributed by atoms with Crippen LogP contribution < -0.4 is 9.47 Å². The van der Waals surface area contributed by atoms with E-state index in [1.54, 1.807) is 12.1 Å². The second-order valence-corrected chi connectivity index (χ2v) is 5.83. The molecule has 1 N–H and O–H groups in total. The lowest BCUT2D eigenvalue weighted by Crippen LogP contribution is -2.04. The minimum absolute atomic E-state index is 0.243. The minimum Gasteiger partial charge on any atom is -0.489 e. The van der Waals surface area contributed by atoms with E-state index in [-0.39, 0.29) is 6.61 Å². The fourth-order valence-corrected chi connectivity index (χ4v) is 2.62. The monoisotopic (exact) mass is 348 g/mol. The van der Waals surface area contributed by atoms with Crippen LogP contribution in [0.4, 0.5) is 0 Å². The van der Waals surface area contributed by atoms with Crippen LogP contribution >= 0.6 is 0 Å². The standard InChI is InChI=1S/C22H20O4/c23-13-19-11-21(25-15-17-7-3-1-4-8-17)12-20(14-24)22(19)26-16-18-9-5-2-6-10-18/h1-13,24H,14-16H2. The summed E-state index contributed by atoms with van der Waals surface area (Å²) in [6.07, 6.45) is 0.717. The van der Waals surface area contributed by atoms with Crippen molar-refractivity contribution < 1.29 is 19.4 Å². The van der Waals surface area contributed by atoms with Gasteiger partial charge in [-0.3, -0.25) is 4.79 Å². The Morgan fingerprint density at radius 3 is 1.92 bits per heavy atom. The number of carbonyl (C=O) groups excluding carboxylic acids is 1. The van der Waals surface area contributed by atoms with Gasteiger partial charge >= 0.3 is 0 Å². The molecule has 0 radical (unpaired) electrons. The zero-order valence-corrected chi connectivity index (χ0v) is 14.3. The molecule has 0 unspecified atom stereocenters. The molecule has 0 aromatic heterocycles. The average molecular weight is 348 g/mol. The Bertz CT molecular complexity index is 845. The topological polar surface area (TPSA) is 55.8 Å². The molecule has 0 atom stereocenters. The normalized spacial score (nSPS) is 10.3. The molecule has 0 aliphatic heterocycles. The van der Waals surface area contributed by atoms with E-state index in [9.17, 15) is 9.90 Å². The van der Waals surface area contributed by atoms with E-state index in [0.29, 0.717) is 35.8 Å². The van der Waals surface area contributed by atoms with Gasteiger partial charge in [-0.25, -0.2) is 0 Å². The summed E-state index contributed by atoms with van der Waals surface area (Å²) in [4.78, 5) is 11.5. The fourth-order valence-electron chi connectivity index (χ4n) is 2.62. The highest BCUT2D eigenvalue weighted by molar-refractivity contribution is 5.81. The molecule has 0 spiro atoms. The number of hydrogen-bond acceptors (Lipinski definition) is 4. The van der Waals surface area contributed by atoms with E-state index in [1.165, 1.54) is 0 Å². The predicted molar refractivity (Wildman–Crippen MR) is 99.3 cm³/mol. The molecule has 0 saturated carbocycles. The third-order valence-corrected chi connectivity index (χ3v) is 3.94. The molecule has 3 aromatic carbocycles. The maximum Gasteiger partial charge on any atom is 0.153 e. The maximum atomic E-state index is 11.5. The molecule has 4 nitrogen and oxygen atoms in total. The highest BCUT2D eigenvalue weighted by Crippen LogP contribution is 2.30. The fraction of sp³-hybridized carbons (Fsp3) is 0.136. The summed E-state index contributed by atoms with van der Waals surface area (Å²) in [6, 6.07) is 22.7. The molecule has 0 amide bonds. The highest BCUT2D eigenvalue weighted by Gasteiger charge is 2.13. The van der Waals surface area contributed by atoms with Gasteiger partial charge in [-0.2, -0.15) is 0 Å². The smallest absolute Gasteiger partial charge is 0.153 e. The summed E-state index contributed by atoms with van der Waals surface area (Å²) >= 11 is 0. The molecule has 0 aliphatic rings. The molecule has 0 heterocycles. The average Bonchev–Trinajstić information content (AvgIpc) is 2.72. The zero-order chi connectivity index (χ0) is 18.2. The van der Waals surface area contributed by atoms with Crippen molar-refractivity contribution in [3.63, 3.8) is 0 Å². The first-order valence-corrected chi connectivity index (χ1v) is 8.36. The van der Waals surface area contributed by atoms with E-state index in [0.717, 1.165) is 17.4 Å². The maximum absolute atomic E-state index is 11.5. The molecule has 4 heteroatoms. The molecular formula is C22H20O4. The van der Waals surface area contributed by atoms with Crippen LogP contribution in [0, 0.1) is 0 Å². The first kappa shape index (κ1) is 17.7. The molecule has 132 valence electrons. The van der Waals surface area contributed by atoms with Gasteiger partial charge in [0.2, 0.25) is 0 Å². The second kappa shape index (κ2) is 8.83. The Hall–Kier alpha value is -3.11. The molecule has 3 aromatic rings. The molecule has 0 saturated heterocycles. The number of ether oxygens (including phenoxy) is 2. The summed E-state index contributed by atoms with van der Waals surface area (Å²) in [5.41, 5.74) is 2.89. The first-order valence-electron chi connectivity index (χ1n) is 8.36. The number of benzene rings is 3. The van der Waals surface area contributed by atoms with Crippen LogP contribution in [-0.2, 0) is 19.8 Å². The summed E-state index contributed by atoms with van der Waals surface area (Å²) in [6.45, 7) is 0.459. The van der Waals surface area contributed by atoms with Gasteiger partial charge in [0.1, 0.15) is 24.7 Å².